The summed E-state index contributed by atoms with van der Waals surface area (Å²) < 4.78 is 11.8. The van der Waals surface area contributed by atoms with E-state index in [2.05, 4.69) is 173 Å². The lowest BCUT2D eigenvalue weighted by Gasteiger charge is -2.36. The number of phenols is 2. The number of ketones is 4. The van der Waals surface area contributed by atoms with Crippen LogP contribution in [0, 0.1) is 33.6 Å². The maximum Gasteiger partial charge on any atom is 0.191 e. The molecule has 0 aliphatic rings. The molecule has 496 valence electrons. The quantitative estimate of drug-likeness (QED) is 0.0224. The van der Waals surface area contributed by atoms with E-state index in [1.54, 1.807) is 24.3 Å². The first-order valence-electron chi connectivity index (χ1n) is 34.0. The van der Waals surface area contributed by atoms with Crippen LogP contribution in [0.1, 0.15) is 188 Å². The monoisotopic (exact) mass is 1240 g/mol. The van der Waals surface area contributed by atoms with E-state index in [4.69, 9.17) is 9.47 Å². The van der Waals surface area contributed by atoms with Gasteiger partial charge in [0, 0.05) is 49.7 Å². The number of aromatic hydroxyl groups is 2. The van der Waals surface area contributed by atoms with Gasteiger partial charge in [0.05, 0.1) is 40.4 Å². The topological polar surface area (TPSA) is 127 Å². The summed E-state index contributed by atoms with van der Waals surface area (Å²) in [5.74, 6) is 3.12. The SMILES string of the molecule is CCCCCCCCC(=O)CCc1ccc(O)c(OC)c1.CC[N+](CC)(CC(=O)Cc1c(C)cccc1C)Cc1ccccc1.CC[N+](CC)(CC(=O)Cc1c(C)cccc1C)Cc1ccccc1.COc1cc(CCC(=O)CCCC/C=C/C(C)C)ccc1O. The van der Waals surface area contributed by atoms with Crippen LogP contribution in [0.25, 0.3) is 0 Å². The smallest absolute Gasteiger partial charge is 0.191 e. The molecule has 0 saturated carbocycles. The summed E-state index contributed by atoms with van der Waals surface area (Å²) in [5, 5.41) is 19.1. The van der Waals surface area contributed by atoms with Gasteiger partial charge in [-0.25, -0.2) is 0 Å². The Morgan fingerprint density at radius 3 is 1.18 bits per heavy atom. The zero-order valence-electron chi connectivity index (χ0n) is 58.3. The maximum absolute atomic E-state index is 12.8. The Morgan fingerprint density at radius 2 is 0.813 bits per heavy atom. The fourth-order valence-corrected chi connectivity index (χ4v) is 11.5. The third kappa shape index (κ3) is 30.2. The lowest BCUT2D eigenvalue weighted by Crippen LogP contribution is -2.50. The number of benzene rings is 6. The van der Waals surface area contributed by atoms with Crippen molar-refractivity contribution < 1.29 is 47.8 Å². The van der Waals surface area contributed by atoms with E-state index in [9.17, 15) is 29.4 Å². The van der Waals surface area contributed by atoms with Gasteiger partial charge in [0.15, 0.2) is 34.6 Å². The second-order valence-electron chi connectivity index (χ2n) is 25.2. The highest BCUT2D eigenvalue weighted by Gasteiger charge is 2.29. The van der Waals surface area contributed by atoms with Crippen LogP contribution in [0.15, 0.2) is 146 Å². The van der Waals surface area contributed by atoms with Gasteiger partial charge in [-0.1, -0.05) is 174 Å². The molecule has 0 atom stereocenters. The molecular formula is C81H116N2O8+2. The zero-order valence-corrected chi connectivity index (χ0v) is 58.3. The minimum absolute atomic E-state index is 0.132. The van der Waals surface area contributed by atoms with Crippen LogP contribution in [0.5, 0.6) is 23.0 Å². The van der Waals surface area contributed by atoms with E-state index in [-0.39, 0.29) is 11.5 Å². The molecule has 0 fully saturated rings. The molecule has 6 rings (SSSR count). The first-order valence-corrected chi connectivity index (χ1v) is 34.0. The van der Waals surface area contributed by atoms with Crippen LogP contribution in [0.3, 0.4) is 0 Å². The minimum Gasteiger partial charge on any atom is -0.504 e. The Bertz CT molecular complexity index is 2920. The molecule has 0 unspecified atom stereocenters. The molecule has 10 nitrogen and oxygen atoms in total. The number of allylic oxidation sites excluding steroid dienone is 2. The Balaban J connectivity index is 0.000000317. The van der Waals surface area contributed by atoms with Crippen molar-refractivity contribution in [2.45, 2.75) is 198 Å². The average Bonchev–Trinajstić information content (AvgIpc) is 3.73. The second-order valence-corrected chi connectivity index (χ2v) is 25.2. The van der Waals surface area contributed by atoms with Gasteiger partial charge in [-0.2, -0.15) is 0 Å². The van der Waals surface area contributed by atoms with Crippen LogP contribution in [-0.4, -0.2) is 95.8 Å². The first kappa shape index (κ1) is 78.1. The number of ether oxygens (including phenoxy) is 2. The lowest BCUT2D eigenvalue weighted by atomic mass is 9.97. The fourth-order valence-electron chi connectivity index (χ4n) is 11.5. The van der Waals surface area contributed by atoms with Crippen LogP contribution in [0.2, 0.25) is 0 Å². The number of methoxy groups -OCH3 is 2. The Labute approximate surface area is 550 Å². The molecular weight excluding hydrogens is 1130 g/mol. The molecule has 0 radical (unpaired) electrons. The van der Waals surface area contributed by atoms with E-state index < -0.39 is 0 Å². The summed E-state index contributed by atoms with van der Waals surface area (Å²) in [6.07, 6.45) is 19.8. The summed E-state index contributed by atoms with van der Waals surface area (Å²) in [7, 11) is 3.06. The maximum atomic E-state index is 12.8. The van der Waals surface area contributed by atoms with E-state index in [1.807, 2.05) is 24.3 Å². The third-order valence-corrected chi connectivity index (χ3v) is 17.7. The Hall–Kier alpha value is -7.14. The summed E-state index contributed by atoms with van der Waals surface area (Å²) >= 11 is 0. The number of nitrogens with zero attached hydrogens (tertiary/aromatic N) is 2. The van der Waals surface area contributed by atoms with Gasteiger partial charge in [-0.05, 0) is 169 Å². The van der Waals surface area contributed by atoms with Gasteiger partial charge >= 0.3 is 0 Å². The van der Waals surface area contributed by atoms with E-state index in [0.717, 1.165) is 85.0 Å². The predicted octanol–water partition coefficient (Wildman–Crippen LogP) is 18.3. The highest BCUT2D eigenvalue weighted by atomic mass is 16.5. The van der Waals surface area contributed by atoms with Crippen molar-refractivity contribution in [3.05, 3.63) is 201 Å². The average molecular weight is 1250 g/mol. The number of carbonyl (C=O) groups excluding carboxylic acids is 4. The molecule has 0 aromatic heterocycles. The molecule has 0 bridgehead atoms. The molecule has 0 heterocycles. The van der Waals surface area contributed by atoms with Gasteiger partial charge in [0.1, 0.15) is 37.7 Å². The van der Waals surface area contributed by atoms with Crippen molar-refractivity contribution in [3.8, 4) is 23.0 Å². The number of carbonyl (C=O) groups is 4. The predicted molar refractivity (Wildman–Crippen MR) is 378 cm³/mol. The summed E-state index contributed by atoms with van der Waals surface area (Å²) in [6.45, 7) is 30.7. The number of quaternary nitrogens is 2. The minimum atomic E-state index is 0.132. The molecule has 10 heteroatoms. The number of unbranched alkanes of at least 4 members (excludes halogenated alkanes) is 7. The van der Waals surface area contributed by atoms with Crippen molar-refractivity contribution in [2.24, 2.45) is 5.92 Å². The number of rotatable bonds is 37. The fraction of sp³-hybridized carbons (Fsp3) is 0.481. The van der Waals surface area contributed by atoms with Crippen LogP contribution >= 0.6 is 0 Å². The molecule has 91 heavy (non-hydrogen) atoms. The lowest BCUT2D eigenvalue weighted by molar-refractivity contribution is -0.930. The van der Waals surface area contributed by atoms with Crippen LogP contribution in [0.4, 0.5) is 0 Å². The number of hydrogen-bond donors (Lipinski definition) is 2. The van der Waals surface area contributed by atoms with Gasteiger partial charge in [0.25, 0.3) is 0 Å². The van der Waals surface area contributed by atoms with E-state index in [1.165, 1.54) is 90.8 Å². The van der Waals surface area contributed by atoms with E-state index >= 15 is 0 Å². The Morgan fingerprint density at radius 1 is 0.440 bits per heavy atom. The molecule has 2 N–H and O–H groups in total. The third-order valence-electron chi connectivity index (χ3n) is 17.7. The molecule has 0 aliphatic carbocycles. The summed E-state index contributed by atoms with van der Waals surface area (Å²) in [6, 6.07) is 44.1. The van der Waals surface area contributed by atoms with Gasteiger partial charge < -0.3 is 28.7 Å². The normalized spacial score (nSPS) is 11.2. The standard InChI is InChI=1S/2C22H30NO.C19H28O3.C18H28O3/c2*1-5-23(6-2,16-20-13-8-7-9-14-20)17-21(24)15-22-18(3)11-10-12-19(22)4;1-15(2)8-6-4-5-7-9-17(20)12-10-16-11-13-18(21)19(14-16)22-3;1-3-4-5-6-7-8-9-16(19)12-10-15-11-13-17(20)18(14-15)21-2/h2*7-14H,5-6,15-17H2,1-4H3;6,8,11,13-15,21H,4-5,7,9-10,12H2,1-3H3;11,13-14,20H,3-10,12H2,1-2H3/q2*+1;;/b;;8-6+;. The van der Waals surface area contributed by atoms with Crippen molar-refractivity contribution >= 4 is 23.1 Å². The highest BCUT2D eigenvalue weighted by molar-refractivity contribution is 5.83. The first-order chi connectivity index (χ1) is 43.7. The molecule has 6 aromatic carbocycles. The van der Waals surface area contributed by atoms with Gasteiger partial charge in [0.2, 0.25) is 0 Å². The largest absolute Gasteiger partial charge is 0.504 e. The molecule has 0 amide bonds. The summed E-state index contributed by atoms with van der Waals surface area (Å²) in [4.78, 5) is 49.4. The van der Waals surface area contributed by atoms with Crippen molar-refractivity contribution in [3.63, 3.8) is 0 Å². The molecule has 0 aliphatic heterocycles. The molecule has 0 spiro atoms. The Kier molecular flexibility index (Phi) is 37.4. The number of aryl methyl sites for hydroxylation is 6. The highest BCUT2D eigenvalue weighted by Crippen LogP contribution is 2.29. The van der Waals surface area contributed by atoms with E-state index in [0.29, 0.717) is 105 Å². The number of phenolic OH excluding ortho intramolecular Hbond substituents is 2. The van der Waals surface area contributed by atoms with Crippen LogP contribution in [-0.2, 0) is 58.0 Å². The van der Waals surface area contributed by atoms with Crippen molar-refractivity contribution in [1.29, 1.82) is 0 Å². The van der Waals surface area contributed by atoms with Gasteiger partial charge in [-0.15, -0.1) is 0 Å². The van der Waals surface area contributed by atoms with Crippen LogP contribution < -0.4 is 9.47 Å². The van der Waals surface area contributed by atoms with Crippen molar-refractivity contribution in [1.82, 2.24) is 0 Å². The molecule has 0 saturated heterocycles. The van der Waals surface area contributed by atoms with Gasteiger partial charge in [-0.3, -0.25) is 19.2 Å². The number of Topliss-reactive ketones (excluding diaryl/α,β-unsaturated/α-hetero) is 4. The molecule has 6 aromatic rings. The summed E-state index contributed by atoms with van der Waals surface area (Å²) in [5.41, 5.74) is 11.9. The zero-order chi connectivity index (χ0) is 67.0. The number of hydrogen-bond acceptors (Lipinski definition) is 8. The second kappa shape index (κ2) is 43.6. The number of likely N-dealkylation sites (N-methyl/N-ethyl adjacent to an activating group) is 2. The van der Waals surface area contributed by atoms with Crippen molar-refractivity contribution in [2.75, 3.05) is 53.5 Å².